The number of halogens is 2. The van der Waals surface area contributed by atoms with Gasteiger partial charge in [0.25, 0.3) is 5.91 Å². The molecule has 2 heterocycles. The fourth-order valence-electron chi connectivity index (χ4n) is 5.19. The van der Waals surface area contributed by atoms with Crippen LogP contribution in [0.25, 0.3) is 0 Å². The molecule has 0 spiro atoms. The average Bonchev–Trinajstić information content (AvgIpc) is 2.90. The minimum atomic E-state index is -1.02. The highest BCUT2D eigenvalue weighted by molar-refractivity contribution is 6.30. The maximum Gasteiger partial charge on any atom is 0.326 e. The first-order valence-corrected chi connectivity index (χ1v) is 13.7. The number of ether oxygens (including phenoxy) is 2. The van der Waals surface area contributed by atoms with Gasteiger partial charge in [-0.2, -0.15) is 0 Å². The molecule has 4 rings (SSSR count). The van der Waals surface area contributed by atoms with E-state index in [0.717, 1.165) is 37.2 Å². The van der Waals surface area contributed by atoms with E-state index in [-0.39, 0.29) is 5.91 Å². The van der Waals surface area contributed by atoms with E-state index in [4.69, 9.17) is 32.7 Å². The van der Waals surface area contributed by atoms with Crippen molar-refractivity contribution >= 4 is 35.1 Å². The van der Waals surface area contributed by atoms with Crippen molar-refractivity contribution in [3.05, 3.63) is 69.7 Å². The van der Waals surface area contributed by atoms with Crippen LogP contribution in [0.5, 0.6) is 0 Å². The Labute approximate surface area is 228 Å². The fraction of sp³-hybridized carbons (Fsp3) is 0.500. The van der Waals surface area contributed by atoms with Crippen molar-refractivity contribution in [3.8, 4) is 0 Å². The predicted octanol–water partition coefficient (Wildman–Crippen LogP) is 5.37. The number of carboxylic acid groups (broad SMARTS) is 1. The molecule has 2 aliphatic rings. The van der Waals surface area contributed by atoms with Crippen LogP contribution in [-0.4, -0.2) is 71.8 Å². The summed E-state index contributed by atoms with van der Waals surface area (Å²) in [5.41, 5.74) is 1.60. The zero-order chi connectivity index (χ0) is 26.4. The van der Waals surface area contributed by atoms with Crippen LogP contribution in [0.1, 0.15) is 55.9 Å². The molecular weight excluding hydrogens is 515 g/mol. The van der Waals surface area contributed by atoms with Gasteiger partial charge in [-0.3, -0.25) is 9.69 Å². The second-order valence-electron chi connectivity index (χ2n) is 9.58. The Hall–Kier alpha value is -2.16. The van der Waals surface area contributed by atoms with Crippen LogP contribution in [0.4, 0.5) is 0 Å². The first-order valence-electron chi connectivity index (χ1n) is 12.9. The summed E-state index contributed by atoms with van der Waals surface area (Å²) in [6, 6.07) is 12.9. The van der Waals surface area contributed by atoms with Crippen molar-refractivity contribution < 1.29 is 24.2 Å². The molecule has 7 nitrogen and oxygen atoms in total. The van der Waals surface area contributed by atoms with E-state index in [2.05, 4.69) is 4.90 Å². The zero-order valence-corrected chi connectivity index (χ0v) is 22.5. The molecule has 9 heteroatoms. The van der Waals surface area contributed by atoms with Gasteiger partial charge in [-0.1, -0.05) is 60.8 Å². The molecule has 0 bridgehead atoms. The van der Waals surface area contributed by atoms with Crippen molar-refractivity contribution in [2.45, 2.75) is 56.9 Å². The molecule has 0 saturated carbocycles. The summed E-state index contributed by atoms with van der Waals surface area (Å²) in [4.78, 5) is 30.3. The third-order valence-electron chi connectivity index (χ3n) is 7.06. The molecule has 2 aliphatic heterocycles. The number of morpholine rings is 2. The quantitative estimate of drug-likeness (QED) is 0.430. The number of benzene rings is 2. The van der Waals surface area contributed by atoms with E-state index in [1.54, 1.807) is 29.2 Å². The van der Waals surface area contributed by atoms with Gasteiger partial charge in [-0.25, -0.2) is 4.79 Å². The van der Waals surface area contributed by atoms with Gasteiger partial charge in [-0.05, 0) is 61.2 Å². The zero-order valence-electron chi connectivity index (χ0n) is 21.0. The summed E-state index contributed by atoms with van der Waals surface area (Å²) in [7, 11) is 0. The summed E-state index contributed by atoms with van der Waals surface area (Å²) in [6.07, 6.45) is 0.922. The summed E-state index contributed by atoms with van der Waals surface area (Å²) < 4.78 is 12.0. The molecule has 0 aliphatic carbocycles. The number of amides is 1. The van der Waals surface area contributed by atoms with E-state index in [1.807, 2.05) is 31.2 Å². The summed E-state index contributed by atoms with van der Waals surface area (Å²) in [5, 5.41) is 11.4. The third kappa shape index (κ3) is 6.84. The smallest absolute Gasteiger partial charge is 0.326 e. The van der Waals surface area contributed by atoms with E-state index >= 15 is 0 Å². The van der Waals surface area contributed by atoms with Crippen LogP contribution in [0.3, 0.4) is 0 Å². The number of hydrogen-bond acceptors (Lipinski definition) is 5. The largest absolute Gasteiger partial charge is 0.480 e. The molecule has 2 aromatic carbocycles. The molecule has 1 N–H and O–H groups in total. The second kappa shape index (κ2) is 13.1. The van der Waals surface area contributed by atoms with Crippen LogP contribution in [0, 0.1) is 0 Å². The van der Waals surface area contributed by atoms with Crippen LogP contribution >= 0.6 is 23.2 Å². The molecule has 200 valence electrons. The Morgan fingerprint density at radius 2 is 1.62 bits per heavy atom. The molecule has 1 unspecified atom stereocenters. The normalized spacial score (nSPS) is 23.7. The van der Waals surface area contributed by atoms with E-state index in [9.17, 15) is 14.7 Å². The number of rotatable bonds is 10. The van der Waals surface area contributed by atoms with Gasteiger partial charge < -0.3 is 19.5 Å². The SMILES string of the molecule is CCCC(C(=O)O)N1C(=O)[C@H](CCCN2CCOCC2)O[C@@H](c2ccc(Cl)cc2)[C@H]1c1ccc(Cl)cc1. The highest BCUT2D eigenvalue weighted by Crippen LogP contribution is 2.44. The Bertz CT molecular complexity index is 1040. The fourth-order valence-corrected chi connectivity index (χ4v) is 5.44. The van der Waals surface area contributed by atoms with Gasteiger partial charge in [0.1, 0.15) is 18.2 Å². The maximum absolute atomic E-state index is 14.0. The van der Waals surface area contributed by atoms with Crippen molar-refractivity contribution in [1.29, 1.82) is 0 Å². The number of carbonyl (C=O) groups excluding carboxylic acids is 1. The van der Waals surface area contributed by atoms with Crippen LogP contribution in [0.2, 0.25) is 10.0 Å². The summed E-state index contributed by atoms with van der Waals surface area (Å²) in [5.74, 6) is -1.30. The lowest BCUT2D eigenvalue weighted by Gasteiger charge is -2.47. The monoisotopic (exact) mass is 548 g/mol. The number of carboxylic acids is 1. The first kappa shape index (κ1) is 27.9. The first-order chi connectivity index (χ1) is 17.9. The molecule has 2 aromatic rings. The van der Waals surface area contributed by atoms with Gasteiger partial charge in [0.2, 0.25) is 0 Å². The maximum atomic E-state index is 14.0. The third-order valence-corrected chi connectivity index (χ3v) is 7.57. The lowest BCUT2D eigenvalue weighted by atomic mass is 9.89. The van der Waals surface area contributed by atoms with Crippen molar-refractivity contribution in [2.24, 2.45) is 0 Å². The van der Waals surface area contributed by atoms with Gasteiger partial charge in [0.15, 0.2) is 0 Å². The molecule has 37 heavy (non-hydrogen) atoms. The average molecular weight is 549 g/mol. The van der Waals surface area contributed by atoms with Crippen LogP contribution < -0.4 is 0 Å². The van der Waals surface area contributed by atoms with Crippen LogP contribution in [0.15, 0.2) is 48.5 Å². The molecular formula is C28H34Cl2N2O5. The lowest BCUT2D eigenvalue weighted by Crippen LogP contribution is -2.57. The van der Waals surface area contributed by atoms with Gasteiger partial charge >= 0.3 is 5.97 Å². The van der Waals surface area contributed by atoms with Crippen molar-refractivity contribution in [3.63, 3.8) is 0 Å². The van der Waals surface area contributed by atoms with Crippen LogP contribution in [-0.2, 0) is 19.1 Å². The standard InChI is InChI=1S/C28H34Cl2N2O5/c1-2-4-23(28(34)35)32-25(19-6-10-21(29)11-7-19)26(20-8-12-22(30)13-9-20)37-24(27(32)33)5-3-14-31-15-17-36-18-16-31/h6-13,23-26H,2-5,14-18H2,1H3,(H,34,35)/t23?,24-,25+,26-/m0/s1. The lowest BCUT2D eigenvalue weighted by molar-refractivity contribution is -0.185. The molecule has 0 aromatic heterocycles. The Morgan fingerprint density at radius 3 is 2.19 bits per heavy atom. The summed E-state index contributed by atoms with van der Waals surface area (Å²) >= 11 is 12.3. The van der Waals surface area contributed by atoms with Crippen molar-refractivity contribution in [2.75, 3.05) is 32.8 Å². The molecule has 4 atom stereocenters. The number of hydrogen-bond donors (Lipinski definition) is 1. The Morgan fingerprint density at radius 1 is 1.03 bits per heavy atom. The molecule has 1 amide bonds. The highest BCUT2D eigenvalue weighted by atomic mass is 35.5. The van der Waals surface area contributed by atoms with E-state index in [1.165, 1.54) is 0 Å². The Balaban J connectivity index is 1.70. The van der Waals surface area contributed by atoms with E-state index < -0.39 is 30.3 Å². The summed E-state index contributed by atoms with van der Waals surface area (Å²) in [6.45, 7) is 5.93. The number of nitrogens with zero attached hydrogens (tertiary/aromatic N) is 2. The topological polar surface area (TPSA) is 79.3 Å². The minimum Gasteiger partial charge on any atom is -0.480 e. The number of aliphatic carboxylic acids is 1. The van der Waals surface area contributed by atoms with Gasteiger partial charge in [0, 0.05) is 23.1 Å². The minimum absolute atomic E-state index is 0.284. The molecule has 2 saturated heterocycles. The molecule has 0 radical (unpaired) electrons. The predicted molar refractivity (Wildman–Crippen MR) is 143 cm³/mol. The number of carbonyl (C=O) groups is 2. The highest BCUT2D eigenvalue weighted by Gasteiger charge is 2.48. The van der Waals surface area contributed by atoms with Gasteiger partial charge in [0.05, 0.1) is 19.3 Å². The second-order valence-corrected chi connectivity index (χ2v) is 10.5. The van der Waals surface area contributed by atoms with E-state index in [0.29, 0.717) is 42.5 Å². The molecule has 2 fully saturated rings. The van der Waals surface area contributed by atoms with Gasteiger partial charge in [-0.15, -0.1) is 0 Å². The van der Waals surface area contributed by atoms with Crippen molar-refractivity contribution in [1.82, 2.24) is 9.80 Å². The Kier molecular flexibility index (Phi) is 9.84.